The van der Waals surface area contributed by atoms with Crippen molar-refractivity contribution >= 4 is 41.0 Å². The number of nitrogens with one attached hydrogen (secondary N) is 2. The monoisotopic (exact) mass is 372 g/mol. The van der Waals surface area contributed by atoms with Crippen molar-refractivity contribution in [3.05, 3.63) is 65.2 Å². The van der Waals surface area contributed by atoms with Crippen molar-refractivity contribution in [2.75, 3.05) is 16.8 Å². The van der Waals surface area contributed by atoms with Crippen LogP contribution >= 0.6 is 23.5 Å². The van der Waals surface area contributed by atoms with Gasteiger partial charge in [0, 0.05) is 36.2 Å². The molecule has 2 N–H and O–H groups in total. The first-order chi connectivity index (χ1) is 12.1. The van der Waals surface area contributed by atoms with Crippen LogP contribution in [-0.2, 0) is 11.3 Å². The highest BCUT2D eigenvalue weighted by atomic mass is 32.2. The average Bonchev–Trinajstić information content (AvgIpc) is 3.15. The second kappa shape index (κ2) is 8.45. The molecular weight excluding hydrogens is 352 g/mol. The third kappa shape index (κ3) is 5.03. The maximum Gasteiger partial charge on any atom is 0.255 e. The van der Waals surface area contributed by atoms with Crippen molar-refractivity contribution in [1.82, 2.24) is 5.32 Å². The number of thioether (sulfide) groups is 2. The Morgan fingerprint density at radius 2 is 1.80 bits per heavy atom. The lowest BCUT2D eigenvalue weighted by molar-refractivity contribution is -0.119. The van der Waals surface area contributed by atoms with Crippen LogP contribution < -0.4 is 10.6 Å². The van der Waals surface area contributed by atoms with Crippen molar-refractivity contribution in [2.45, 2.75) is 18.1 Å². The van der Waals surface area contributed by atoms with Crippen LogP contribution in [0.2, 0.25) is 0 Å². The second-order valence-electron chi connectivity index (χ2n) is 5.76. The SMILES string of the molecule is CC(=O)NCc1ccc(C(=O)Nc2cccc(C3SCCS3)c2)cc1. The summed E-state index contributed by atoms with van der Waals surface area (Å²) in [6.07, 6.45) is 0. The third-order valence-electron chi connectivity index (χ3n) is 3.80. The van der Waals surface area contributed by atoms with Crippen LogP contribution in [0.1, 0.15) is 33.0 Å². The molecule has 0 radical (unpaired) electrons. The van der Waals surface area contributed by atoms with Crippen LogP contribution in [0.3, 0.4) is 0 Å². The highest BCUT2D eigenvalue weighted by molar-refractivity contribution is 8.19. The van der Waals surface area contributed by atoms with Gasteiger partial charge in [-0.3, -0.25) is 9.59 Å². The van der Waals surface area contributed by atoms with E-state index in [2.05, 4.69) is 22.8 Å². The van der Waals surface area contributed by atoms with Crippen LogP contribution in [0.15, 0.2) is 48.5 Å². The molecule has 0 saturated carbocycles. The molecule has 0 aromatic heterocycles. The lowest BCUT2D eigenvalue weighted by Gasteiger charge is -2.11. The van der Waals surface area contributed by atoms with E-state index in [0.29, 0.717) is 16.7 Å². The van der Waals surface area contributed by atoms with Crippen LogP contribution in [0.4, 0.5) is 5.69 Å². The molecule has 4 nitrogen and oxygen atoms in total. The predicted octanol–water partition coefficient (Wildman–Crippen LogP) is 4.05. The molecule has 3 rings (SSSR count). The van der Waals surface area contributed by atoms with E-state index in [1.165, 1.54) is 24.0 Å². The van der Waals surface area contributed by atoms with Gasteiger partial charge in [0.25, 0.3) is 5.91 Å². The molecule has 25 heavy (non-hydrogen) atoms. The van der Waals surface area contributed by atoms with E-state index in [1.54, 1.807) is 12.1 Å². The molecule has 1 fully saturated rings. The van der Waals surface area contributed by atoms with Gasteiger partial charge in [0.15, 0.2) is 0 Å². The zero-order valence-electron chi connectivity index (χ0n) is 14.0. The summed E-state index contributed by atoms with van der Waals surface area (Å²) >= 11 is 3.90. The van der Waals surface area contributed by atoms with Gasteiger partial charge in [-0.2, -0.15) is 0 Å². The van der Waals surface area contributed by atoms with Crippen molar-refractivity contribution in [3.63, 3.8) is 0 Å². The summed E-state index contributed by atoms with van der Waals surface area (Å²) in [7, 11) is 0. The van der Waals surface area contributed by atoms with Gasteiger partial charge in [-0.25, -0.2) is 0 Å². The molecule has 6 heteroatoms. The molecule has 2 aromatic rings. The Labute approximate surface area is 156 Å². The molecule has 1 aliphatic heterocycles. The lowest BCUT2D eigenvalue weighted by Crippen LogP contribution is -2.19. The number of amides is 2. The number of carbonyl (C=O) groups is 2. The number of hydrogen-bond acceptors (Lipinski definition) is 4. The fourth-order valence-electron chi connectivity index (χ4n) is 2.52. The molecule has 0 bridgehead atoms. The summed E-state index contributed by atoms with van der Waals surface area (Å²) in [5.74, 6) is 2.16. The van der Waals surface area contributed by atoms with Crippen molar-refractivity contribution < 1.29 is 9.59 Å². The standard InChI is InChI=1S/C19H20N2O2S2/c1-13(22)20-12-14-5-7-15(8-6-14)18(23)21-17-4-2-3-16(11-17)19-24-9-10-25-19/h2-8,11,19H,9-10,12H2,1H3,(H,20,22)(H,21,23). The van der Waals surface area contributed by atoms with Crippen molar-refractivity contribution in [1.29, 1.82) is 0 Å². The second-order valence-corrected chi connectivity index (χ2v) is 8.48. The van der Waals surface area contributed by atoms with Gasteiger partial charge in [0.1, 0.15) is 0 Å². The van der Waals surface area contributed by atoms with Crippen molar-refractivity contribution in [2.24, 2.45) is 0 Å². The van der Waals surface area contributed by atoms with Crippen LogP contribution in [0.25, 0.3) is 0 Å². The Bertz CT molecular complexity index is 756. The Kier molecular flexibility index (Phi) is 6.04. The topological polar surface area (TPSA) is 58.2 Å². The fourth-order valence-corrected chi connectivity index (χ4v) is 5.36. The lowest BCUT2D eigenvalue weighted by atomic mass is 10.1. The Hall–Kier alpha value is -1.92. The van der Waals surface area contributed by atoms with Gasteiger partial charge in [0.2, 0.25) is 5.91 Å². The van der Waals surface area contributed by atoms with E-state index < -0.39 is 0 Å². The molecule has 1 saturated heterocycles. The van der Waals surface area contributed by atoms with Crippen LogP contribution in [-0.4, -0.2) is 23.3 Å². The molecule has 0 atom stereocenters. The zero-order valence-corrected chi connectivity index (χ0v) is 15.6. The van der Waals surface area contributed by atoms with E-state index >= 15 is 0 Å². The number of anilines is 1. The summed E-state index contributed by atoms with van der Waals surface area (Å²) in [6, 6.07) is 15.3. The molecule has 1 aliphatic rings. The van der Waals surface area contributed by atoms with Crippen LogP contribution in [0, 0.1) is 0 Å². The molecule has 130 valence electrons. The highest BCUT2D eigenvalue weighted by Crippen LogP contribution is 2.45. The fraction of sp³-hybridized carbons (Fsp3) is 0.263. The Morgan fingerprint density at radius 1 is 1.08 bits per heavy atom. The summed E-state index contributed by atoms with van der Waals surface area (Å²) in [5, 5.41) is 5.70. The van der Waals surface area contributed by atoms with E-state index in [0.717, 1.165) is 11.3 Å². The van der Waals surface area contributed by atoms with Crippen LogP contribution in [0.5, 0.6) is 0 Å². The van der Waals surface area contributed by atoms with Gasteiger partial charge in [-0.05, 0) is 35.4 Å². The predicted molar refractivity (Wildman–Crippen MR) is 106 cm³/mol. The number of carbonyl (C=O) groups excluding carboxylic acids is 2. The Morgan fingerprint density at radius 3 is 2.48 bits per heavy atom. The number of hydrogen-bond donors (Lipinski definition) is 2. The van der Waals surface area contributed by atoms with Crippen molar-refractivity contribution in [3.8, 4) is 0 Å². The number of rotatable bonds is 5. The molecule has 1 heterocycles. The summed E-state index contributed by atoms with van der Waals surface area (Å²) < 4.78 is 0.463. The minimum absolute atomic E-state index is 0.0692. The normalized spacial score (nSPS) is 14.3. The third-order valence-corrected chi connectivity index (χ3v) is 6.90. The zero-order chi connectivity index (χ0) is 17.6. The quantitative estimate of drug-likeness (QED) is 0.831. The highest BCUT2D eigenvalue weighted by Gasteiger charge is 2.18. The minimum atomic E-state index is -0.130. The largest absolute Gasteiger partial charge is 0.352 e. The first-order valence-corrected chi connectivity index (χ1v) is 10.2. The molecule has 0 unspecified atom stereocenters. The molecule has 2 aromatic carbocycles. The molecule has 0 spiro atoms. The van der Waals surface area contributed by atoms with E-state index in [1.807, 2.05) is 47.8 Å². The summed E-state index contributed by atoms with van der Waals surface area (Å²) in [5.41, 5.74) is 3.62. The first-order valence-electron chi connectivity index (χ1n) is 8.10. The Balaban J connectivity index is 1.63. The van der Waals surface area contributed by atoms with Gasteiger partial charge < -0.3 is 10.6 Å². The smallest absolute Gasteiger partial charge is 0.255 e. The van der Waals surface area contributed by atoms with Gasteiger partial charge in [0.05, 0.1) is 4.58 Å². The maximum absolute atomic E-state index is 12.4. The number of benzene rings is 2. The molecular formula is C19H20N2O2S2. The van der Waals surface area contributed by atoms with Gasteiger partial charge >= 0.3 is 0 Å². The van der Waals surface area contributed by atoms with E-state index in [4.69, 9.17) is 0 Å². The average molecular weight is 373 g/mol. The first kappa shape index (κ1) is 17.9. The maximum atomic E-state index is 12.4. The summed E-state index contributed by atoms with van der Waals surface area (Å²) in [6.45, 7) is 1.95. The minimum Gasteiger partial charge on any atom is -0.352 e. The summed E-state index contributed by atoms with van der Waals surface area (Å²) in [4.78, 5) is 23.4. The van der Waals surface area contributed by atoms with Gasteiger partial charge in [-0.1, -0.05) is 24.3 Å². The van der Waals surface area contributed by atoms with E-state index in [-0.39, 0.29) is 11.8 Å². The molecule has 2 amide bonds. The van der Waals surface area contributed by atoms with E-state index in [9.17, 15) is 9.59 Å². The van der Waals surface area contributed by atoms with Gasteiger partial charge in [-0.15, -0.1) is 23.5 Å². The molecule has 0 aliphatic carbocycles.